The molecule has 10 heteroatoms. The van der Waals surface area contributed by atoms with Crippen molar-refractivity contribution in [1.29, 1.82) is 0 Å². The van der Waals surface area contributed by atoms with Gasteiger partial charge in [-0.05, 0) is 42.3 Å². The number of amides is 1. The lowest BCUT2D eigenvalue weighted by molar-refractivity contribution is -0.129. The zero-order valence-electron chi connectivity index (χ0n) is 14.7. The van der Waals surface area contributed by atoms with E-state index >= 15 is 0 Å². The lowest BCUT2D eigenvalue weighted by atomic mass is 10.2. The summed E-state index contributed by atoms with van der Waals surface area (Å²) < 4.78 is 25.0. The van der Waals surface area contributed by atoms with Crippen LogP contribution in [0.2, 0.25) is 0 Å². The van der Waals surface area contributed by atoms with Crippen LogP contribution in [0.5, 0.6) is 0 Å². The molecule has 0 N–H and O–H groups in total. The van der Waals surface area contributed by atoms with Crippen molar-refractivity contribution in [2.45, 2.75) is 31.5 Å². The predicted octanol–water partition coefficient (Wildman–Crippen LogP) is 1.10. The fourth-order valence-electron chi connectivity index (χ4n) is 3.09. The Kier molecular flexibility index (Phi) is 5.61. The quantitative estimate of drug-likeness (QED) is 0.676. The molecule has 1 saturated heterocycles. The molecule has 1 aromatic carbocycles. The van der Waals surface area contributed by atoms with E-state index in [9.17, 15) is 13.2 Å². The molecule has 0 radical (unpaired) electrons. The van der Waals surface area contributed by atoms with Gasteiger partial charge in [0.05, 0.1) is 22.9 Å². The number of hydrogen-bond acceptors (Lipinski definition) is 7. The Hall–Kier alpha value is -1.94. The van der Waals surface area contributed by atoms with Crippen molar-refractivity contribution in [2.24, 2.45) is 0 Å². The van der Waals surface area contributed by atoms with Crippen LogP contribution in [0.1, 0.15) is 18.9 Å². The highest BCUT2D eigenvalue weighted by Crippen LogP contribution is 2.23. The first-order valence-electron chi connectivity index (χ1n) is 8.38. The number of aromatic nitrogens is 4. The molecule has 1 aliphatic rings. The van der Waals surface area contributed by atoms with Crippen LogP contribution in [0, 0.1) is 6.92 Å². The van der Waals surface area contributed by atoms with Gasteiger partial charge in [0, 0.05) is 12.6 Å². The first-order chi connectivity index (χ1) is 12.4. The monoisotopic (exact) mass is 395 g/mol. The summed E-state index contributed by atoms with van der Waals surface area (Å²) in [7, 11) is -3.03. The van der Waals surface area contributed by atoms with E-state index in [1.807, 2.05) is 38.1 Å². The summed E-state index contributed by atoms with van der Waals surface area (Å²) in [4.78, 5) is 14.3. The number of carbonyl (C=O) groups is 1. The molecule has 1 fully saturated rings. The van der Waals surface area contributed by atoms with Gasteiger partial charge in [0.25, 0.3) is 0 Å². The maximum absolute atomic E-state index is 12.6. The molecule has 0 spiro atoms. The van der Waals surface area contributed by atoms with Gasteiger partial charge in [-0.2, -0.15) is 4.68 Å². The molecule has 1 amide bonds. The molecule has 8 nitrogen and oxygen atoms in total. The van der Waals surface area contributed by atoms with E-state index in [4.69, 9.17) is 0 Å². The van der Waals surface area contributed by atoms with Crippen molar-refractivity contribution in [2.75, 3.05) is 23.8 Å². The highest BCUT2D eigenvalue weighted by Gasteiger charge is 2.33. The summed E-state index contributed by atoms with van der Waals surface area (Å²) >= 11 is 1.25. The largest absolute Gasteiger partial charge is 0.338 e. The van der Waals surface area contributed by atoms with Crippen molar-refractivity contribution in [3.8, 4) is 5.69 Å². The van der Waals surface area contributed by atoms with Gasteiger partial charge in [-0.1, -0.05) is 30.0 Å². The number of carbonyl (C=O) groups excluding carboxylic acids is 1. The Labute approximate surface area is 156 Å². The molecule has 0 bridgehead atoms. The Morgan fingerprint density at radius 3 is 2.81 bits per heavy atom. The SMILES string of the molecule is CCN(C(=O)CSc1nnnn1-c1ccccc1C)C1CCS(=O)(=O)C1. The lowest BCUT2D eigenvalue weighted by Gasteiger charge is -2.26. The minimum atomic E-state index is -3.03. The molecule has 1 unspecified atom stereocenters. The van der Waals surface area contributed by atoms with E-state index in [1.165, 1.54) is 11.8 Å². The molecule has 3 rings (SSSR count). The third-order valence-electron chi connectivity index (χ3n) is 4.42. The van der Waals surface area contributed by atoms with Crippen molar-refractivity contribution >= 4 is 27.5 Å². The van der Waals surface area contributed by atoms with Gasteiger partial charge in [0.1, 0.15) is 0 Å². The summed E-state index contributed by atoms with van der Waals surface area (Å²) in [5.41, 5.74) is 1.89. The molecular formula is C16H21N5O3S2. The zero-order valence-corrected chi connectivity index (χ0v) is 16.3. The molecule has 1 atom stereocenters. The highest BCUT2D eigenvalue weighted by molar-refractivity contribution is 7.99. The van der Waals surface area contributed by atoms with Crippen LogP contribution >= 0.6 is 11.8 Å². The topological polar surface area (TPSA) is 98.1 Å². The normalized spacial score (nSPS) is 18.8. The van der Waals surface area contributed by atoms with Crippen LogP contribution in [-0.2, 0) is 14.6 Å². The Morgan fingerprint density at radius 1 is 1.38 bits per heavy atom. The predicted molar refractivity (Wildman–Crippen MR) is 99.1 cm³/mol. The number of aryl methyl sites for hydroxylation is 1. The molecule has 1 aliphatic heterocycles. The summed E-state index contributed by atoms with van der Waals surface area (Å²) in [6, 6.07) is 7.50. The van der Waals surface area contributed by atoms with E-state index in [0.29, 0.717) is 18.1 Å². The van der Waals surface area contributed by atoms with Gasteiger partial charge < -0.3 is 4.90 Å². The van der Waals surface area contributed by atoms with Gasteiger partial charge in [0.15, 0.2) is 9.84 Å². The second kappa shape index (κ2) is 7.75. The molecule has 2 heterocycles. The van der Waals surface area contributed by atoms with Gasteiger partial charge in [-0.3, -0.25) is 4.79 Å². The molecule has 0 aliphatic carbocycles. The van der Waals surface area contributed by atoms with Crippen molar-refractivity contribution in [1.82, 2.24) is 25.1 Å². The van der Waals surface area contributed by atoms with Gasteiger partial charge >= 0.3 is 0 Å². The van der Waals surface area contributed by atoms with E-state index in [2.05, 4.69) is 15.5 Å². The number of para-hydroxylation sites is 1. The summed E-state index contributed by atoms with van der Waals surface area (Å²) in [5, 5.41) is 12.3. The van der Waals surface area contributed by atoms with Crippen LogP contribution in [-0.4, -0.2) is 69.3 Å². The zero-order chi connectivity index (χ0) is 18.7. The molecule has 140 valence electrons. The van der Waals surface area contributed by atoms with Gasteiger partial charge in [0.2, 0.25) is 11.1 Å². The lowest BCUT2D eigenvalue weighted by Crippen LogP contribution is -2.42. The van der Waals surface area contributed by atoms with E-state index in [-0.39, 0.29) is 29.2 Å². The summed E-state index contributed by atoms with van der Waals surface area (Å²) in [6.45, 7) is 4.32. The number of rotatable bonds is 6. The van der Waals surface area contributed by atoms with Crippen molar-refractivity contribution in [3.05, 3.63) is 29.8 Å². The molecule has 26 heavy (non-hydrogen) atoms. The third kappa shape index (κ3) is 4.07. The summed E-state index contributed by atoms with van der Waals surface area (Å²) in [6.07, 6.45) is 0.507. The standard InChI is InChI=1S/C16H21N5O3S2/c1-3-20(13-8-9-26(23,24)11-13)15(22)10-25-16-17-18-19-21(16)14-7-5-4-6-12(14)2/h4-7,13H,3,8-11H2,1-2H3. The second-order valence-electron chi connectivity index (χ2n) is 6.19. The molecular weight excluding hydrogens is 374 g/mol. The average Bonchev–Trinajstić information content (AvgIpc) is 3.20. The first kappa shape index (κ1) is 18.8. The Balaban J connectivity index is 1.69. The number of tetrazole rings is 1. The highest BCUT2D eigenvalue weighted by atomic mass is 32.2. The maximum atomic E-state index is 12.6. The molecule has 1 aromatic heterocycles. The second-order valence-corrected chi connectivity index (χ2v) is 9.36. The number of thioether (sulfide) groups is 1. The van der Waals surface area contributed by atoms with Gasteiger partial charge in [-0.25, -0.2) is 8.42 Å². The number of hydrogen-bond donors (Lipinski definition) is 0. The smallest absolute Gasteiger partial charge is 0.233 e. The van der Waals surface area contributed by atoms with Crippen LogP contribution in [0.4, 0.5) is 0 Å². The number of sulfone groups is 1. The first-order valence-corrected chi connectivity index (χ1v) is 11.2. The van der Waals surface area contributed by atoms with Crippen molar-refractivity contribution in [3.63, 3.8) is 0 Å². The average molecular weight is 396 g/mol. The fourth-order valence-corrected chi connectivity index (χ4v) is 5.59. The molecule has 2 aromatic rings. The maximum Gasteiger partial charge on any atom is 0.233 e. The Morgan fingerprint density at radius 2 is 2.15 bits per heavy atom. The van der Waals surface area contributed by atoms with E-state index < -0.39 is 9.84 Å². The third-order valence-corrected chi connectivity index (χ3v) is 7.07. The van der Waals surface area contributed by atoms with Crippen LogP contribution in [0.25, 0.3) is 5.69 Å². The van der Waals surface area contributed by atoms with E-state index in [1.54, 1.807) is 9.58 Å². The number of nitrogens with zero attached hydrogens (tertiary/aromatic N) is 5. The van der Waals surface area contributed by atoms with Gasteiger partial charge in [-0.15, -0.1) is 5.10 Å². The number of benzene rings is 1. The van der Waals surface area contributed by atoms with Crippen LogP contribution in [0.3, 0.4) is 0 Å². The summed E-state index contributed by atoms with van der Waals surface area (Å²) in [5.74, 6) is 0.272. The minimum Gasteiger partial charge on any atom is -0.338 e. The van der Waals surface area contributed by atoms with E-state index in [0.717, 1.165) is 11.3 Å². The van der Waals surface area contributed by atoms with Crippen LogP contribution < -0.4 is 0 Å². The fraction of sp³-hybridized carbons (Fsp3) is 0.500. The van der Waals surface area contributed by atoms with Crippen molar-refractivity contribution < 1.29 is 13.2 Å². The molecule has 0 saturated carbocycles. The Bertz CT molecular complexity index is 897. The van der Waals surface area contributed by atoms with Crippen LogP contribution in [0.15, 0.2) is 29.4 Å². The minimum absolute atomic E-state index is 0.0538.